The molecule has 0 amide bonds. The van der Waals surface area contributed by atoms with Crippen LogP contribution in [0.25, 0.3) is 0 Å². The van der Waals surface area contributed by atoms with Crippen LogP contribution >= 0.6 is 0 Å². The Morgan fingerprint density at radius 3 is 3.00 bits per heavy atom. The summed E-state index contributed by atoms with van der Waals surface area (Å²) in [4.78, 5) is 4.02. The van der Waals surface area contributed by atoms with Gasteiger partial charge in [-0.05, 0) is 13.8 Å². The van der Waals surface area contributed by atoms with Crippen LogP contribution in [0.2, 0.25) is 0 Å². The second kappa shape index (κ2) is 4.12. The van der Waals surface area contributed by atoms with Crippen molar-refractivity contribution >= 4 is 0 Å². The minimum absolute atomic E-state index is 0.274. The van der Waals surface area contributed by atoms with Crippen LogP contribution in [0.15, 0.2) is 16.9 Å². The van der Waals surface area contributed by atoms with E-state index >= 15 is 0 Å². The Hall–Kier alpha value is -1.85. The zero-order valence-electron chi connectivity index (χ0n) is 8.67. The van der Waals surface area contributed by atoms with Crippen molar-refractivity contribution in [2.24, 2.45) is 0 Å². The summed E-state index contributed by atoms with van der Waals surface area (Å²) in [5, 5.41) is 7.74. The van der Waals surface area contributed by atoms with E-state index in [1.54, 1.807) is 17.8 Å². The fraction of sp³-hybridized carbons (Fsp3) is 0.444. The van der Waals surface area contributed by atoms with Crippen molar-refractivity contribution in [3.05, 3.63) is 24.1 Å². The van der Waals surface area contributed by atoms with E-state index < -0.39 is 0 Å². The smallest absolute Gasteiger partial charge is 0.264 e. The molecule has 0 bridgehead atoms. The predicted octanol–water partition coefficient (Wildman–Crippen LogP) is 1.17. The van der Waals surface area contributed by atoms with Crippen LogP contribution in [0.5, 0.6) is 5.75 Å². The molecule has 15 heavy (non-hydrogen) atoms. The van der Waals surface area contributed by atoms with E-state index in [-0.39, 0.29) is 6.61 Å². The number of hydrogen-bond acceptors (Lipinski definition) is 5. The Bertz CT molecular complexity index is 435. The summed E-state index contributed by atoms with van der Waals surface area (Å²) in [6, 6.07) is 0. The number of aromatic nitrogens is 4. The minimum Gasteiger partial charge on any atom is -0.480 e. The van der Waals surface area contributed by atoms with Gasteiger partial charge in [0.25, 0.3) is 5.89 Å². The average molecular weight is 208 g/mol. The van der Waals surface area contributed by atoms with E-state index in [9.17, 15) is 0 Å². The van der Waals surface area contributed by atoms with Gasteiger partial charge in [0, 0.05) is 6.54 Å². The van der Waals surface area contributed by atoms with Crippen LogP contribution in [0.3, 0.4) is 0 Å². The molecule has 0 aliphatic rings. The quantitative estimate of drug-likeness (QED) is 0.754. The average Bonchev–Trinajstić information content (AvgIpc) is 2.83. The van der Waals surface area contributed by atoms with Crippen molar-refractivity contribution in [1.82, 2.24) is 19.9 Å². The highest BCUT2D eigenvalue weighted by atomic mass is 16.5. The van der Waals surface area contributed by atoms with Crippen molar-refractivity contribution in [2.75, 3.05) is 0 Å². The second-order valence-corrected chi connectivity index (χ2v) is 3.06. The monoisotopic (exact) mass is 208 g/mol. The molecule has 6 heteroatoms. The van der Waals surface area contributed by atoms with Gasteiger partial charge >= 0.3 is 0 Å². The van der Waals surface area contributed by atoms with E-state index in [0.717, 1.165) is 6.54 Å². The number of hydrogen-bond donors (Lipinski definition) is 0. The summed E-state index contributed by atoms with van der Waals surface area (Å²) < 4.78 is 12.1. The maximum absolute atomic E-state index is 5.41. The van der Waals surface area contributed by atoms with Gasteiger partial charge in [-0.3, -0.25) is 4.68 Å². The van der Waals surface area contributed by atoms with Crippen molar-refractivity contribution in [1.29, 1.82) is 0 Å². The third-order valence-corrected chi connectivity index (χ3v) is 1.87. The molecule has 0 atom stereocenters. The lowest BCUT2D eigenvalue weighted by atomic mass is 10.6. The maximum Gasteiger partial charge on any atom is 0.264 e. The summed E-state index contributed by atoms with van der Waals surface area (Å²) in [5.41, 5.74) is 0. The Kier molecular flexibility index (Phi) is 2.66. The van der Waals surface area contributed by atoms with Gasteiger partial charge in [-0.15, -0.1) is 0 Å². The fourth-order valence-corrected chi connectivity index (χ4v) is 1.14. The molecule has 2 aromatic heterocycles. The summed E-state index contributed by atoms with van der Waals surface area (Å²) in [5.74, 6) is 1.78. The normalized spacial score (nSPS) is 10.5. The third-order valence-electron chi connectivity index (χ3n) is 1.87. The lowest BCUT2D eigenvalue weighted by Crippen LogP contribution is -1.95. The first-order valence-electron chi connectivity index (χ1n) is 4.72. The molecule has 0 saturated heterocycles. The molecule has 0 saturated carbocycles. The van der Waals surface area contributed by atoms with Gasteiger partial charge in [-0.2, -0.15) is 10.1 Å². The van der Waals surface area contributed by atoms with Gasteiger partial charge in [0.1, 0.15) is 0 Å². The van der Waals surface area contributed by atoms with E-state index in [4.69, 9.17) is 9.26 Å². The highest BCUT2D eigenvalue weighted by molar-refractivity contribution is 5.11. The molecule has 0 radical (unpaired) electrons. The topological polar surface area (TPSA) is 66.0 Å². The van der Waals surface area contributed by atoms with E-state index in [1.807, 2.05) is 13.1 Å². The van der Waals surface area contributed by atoms with Gasteiger partial charge in [0.15, 0.2) is 18.2 Å². The fourth-order valence-electron chi connectivity index (χ4n) is 1.14. The number of nitrogens with zero attached hydrogens (tertiary/aromatic N) is 4. The summed E-state index contributed by atoms with van der Waals surface area (Å²) in [7, 11) is 0. The van der Waals surface area contributed by atoms with E-state index in [2.05, 4.69) is 15.2 Å². The molecule has 0 spiro atoms. The van der Waals surface area contributed by atoms with Crippen LogP contribution in [-0.4, -0.2) is 19.9 Å². The van der Waals surface area contributed by atoms with Crippen LogP contribution in [0.4, 0.5) is 0 Å². The molecule has 0 aromatic carbocycles. The maximum atomic E-state index is 5.41. The van der Waals surface area contributed by atoms with Gasteiger partial charge in [-0.25, -0.2) is 0 Å². The van der Waals surface area contributed by atoms with Crippen molar-refractivity contribution in [2.45, 2.75) is 27.0 Å². The summed E-state index contributed by atoms with van der Waals surface area (Å²) >= 11 is 0. The molecular weight excluding hydrogens is 196 g/mol. The molecular formula is C9H12N4O2. The predicted molar refractivity (Wildman–Crippen MR) is 51.3 cm³/mol. The van der Waals surface area contributed by atoms with Crippen molar-refractivity contribution in [3.8, 4) is 5.75 Å². The number of ether oxygens (including phenoxy) is 1. The second-order valence-electron chi connectivity index (χ2n) is 3.06. The highest BCUT2D eigenvalue weighted by Gasteiger charge is 2.04. The first-order chi connectivity index (χ1) is 7.28. The lowest BCUT2D eigenvalue weighted by Gasteiger charge is -1.97. The van der Waals surface area contributed by atoms with Crippen LogP contribution < -0.4 is 4.74 Å². The van der Waals surface area contributed by atoms with Crippen LogP contribution in [0.1, 0.15) is 18.6 Å². The van der Waals surface area contributed by atoms with Crippen LogP contribution in [-0.2, 0) is 13.2 Å². The number of aryl methyl sites for hydroxylation is 2. The highest BCUT2D eigenvalue weighted by Crippen LogP contribution is 2.10. The van der Waals surface area contributed by atoms with Crippen molar-refractivity contribution in [3.63, 3.8) is 0 Å². The molecule has 0 aliphatic heterocycles. The standard InChI is InChI=1S/C9H12N4O2/c1-3-13-5-8(4-10-13)14-6-9-11-7(2)12-15-9/h4-5H,3,6H2,1-2H3. The molecule has 6 nitrogen and oxygen atoms in total. The molecule has 2 aromatic rings. The Morgan fingerprint density at radius 2 is 2.40 bits per heavy atom. The number of rotatable bonds is 4. The van der Waals surface area contributed by atoms with Gasteiger partial charge < -0.3 is 9.26 Å². The Labute approximate surface area is 86.9 Å². The molecule has 2 rings (SSSR count). The SMILES string of the molecule is CCn1cc(OCc2nc(C)no2)cn1. The van der Waals surface area contributed by atoms with Gasteiger partial charge in [0.05, 0.1) is 12.4 Å². The van der Waals surface area contributed by atoms with Crippen LogP contribution in [0, 0.1) is 6.92 Å². The Balaban J connectivity index is 1.93. The third kappa shape index (κ3) is 2.34. The molecule has 0 unspecified atom stereocenters. The first kappa shape index (κ1) is 9.70. The Morgan fingerprint density at radius 1 is 1.53 bits per heavy atom. The van der Waals surface area contributed by atoms with E-state index in [0.29, 0.717) is 17.5 Å². The van der Waals surface area contributed by atoms with Gasteiger partial charge in [0.2, 0.25) is 0 Å². The van der Waals surface area contributed by atoms with E-state index in [1.165, 1.54) is 0 Å². The lowest BCUT2D eigenvalue weighted by molar-refractivity contribution is 0.242. The molecule has 0 N–H and O–H groups in total. The molecule has 80 valence electrons. The summed E-state index contributed by atoms with van der Waals surface area (Å²) in [6.07, 6.45) is 3.48. The minimum atomic E-state index is 0.274. The zero-order chi connectivity index (χ0) is 10.7. The largest absolute Gasteiger partial charge is 0.480 e. The molecule has 2 heterocycles. The van der Waals surface area contributed by atoms with Crippen molar-refractivity contribution < 1.29 is 9.26 Å². The zero-order valence-corrected chi connectivity index (χ0v) is 8.67. The molecule has 0 fully saturated rings. The molecule has 0 aliphatic carbocycles. The first-order valence-corrected chi connectivity index (χ1v) is 4.72. The summed E-state index contributed by atoms with van der Waals surface area (Å²) in [6.45, 7) is 4.87. The van der Waals surface area contributed by atoms with Gasteiger partial charge in [-0.1, -0.05) is 5.16 Å².